The van der Waals surface area contributed by atoms with Gasteiger partial charge in [0.25, 0.3) is 0 Å². The number of aromatic nitrogens is 3. The molecule has 1 aromatic carbocycles. The Hall–Kier alpha value is -1.96. The van der Waals surface area contributed by atoms with Gasteiger partial charge < -0.3 is 4.90 Å². The lowest BCUT2D eigenvalue weighted by Crippen LogP contribution is -2.34. The Labute approximate surface area is 122 Å². The molecular weight excluding hydrogens is 292 g/mol. The molecule has 1 unspecified atom stereocenters. The number of rotatable bonds is 3. The molecule has 1 aromatic heterocycles. The lowest BCUT2D eigenvalue weighted by Gasteiger charge is -2.16. The predicted octanol–water partition coefficient (Wildman–Crippen LogP) is 0.0768. The topological polar surface area (TPSA) is 85.2 Å². The van der Waals surface area contributed by atoms with Gasteiger partial charge in [-0.05, 0) is 18.6 Å². The van der Waals surface area contributed by atoms with Crippen molar-refractivity contribution >= 4 is 26.8 Å². The molecule has 3 rings (SSSR count). The van der Waals surface area contributed by atoms with Gasteiger partial charge in [-0.1, -0.05) is 17.3 Å². The Morgan fingerprint density at radius 2 is 2.14 bits per heavy atom. The normalized spacial score (nSPS) is 19.3. The number of sulfone groups is 1. The number of amides is 1. The zero-order chi connectivity index (χ0) is 15.0. The zero-order valence-electron chi connectivity index (χ0n) is 11.6. The summed E-state index contributed by atoms with van der Waals surface area (Å²) in [5.41, 5.74) is 1.53. The van der Waals surface area contributed by atoms with Crippen molar-refractivity contribution in [1.82, 2.24) is 19.9 Å². The van der Waals surface area contributed by atoms with Gasteiger partial charge in [-0.2, -0.15) is 0 Å². The van der Waals surface area contributed by atoms with E-state index in [1.165, 1.54) is 6.26 Å². The first-order chi connectivity index (χ1) is 9.95. The average molecular weight is 308 g/mol. The molecule has 2 heterocycles. The maximum absolute atomic E-state index is 12.3. The summed E-state index contributed by atoms with van der Waals surface area (Å²) in [7, 11) is -3.09. The SMILES string of the molecule is CS(=O)(=O)C1CCN(C(=O)Cn2nnc3ccccc32)C1. The van der Waals surface area contributed by atoms with Crippen LogP contribution in [0.15, 0.2) is 24.3 Å². The van der Waals surface area contributed by atoms with Crippen molar-refractivity contribution in [2.24, 2.45) is 0 Å². The first-order valence-corrected chi connectivity index (χ1v) is 8.65. The maximum Gasteiger partial charge on any atom is 0.244 e. The molecule has 1 aliphatic rings. The van der Waals surface area contributed by atoms with E-state index in [4.69, 9.17) is 0 Å². The summed E-state index contributed by atoms with van der Waals surface area (Å²) < 4.78 is 24.6. The fourth-order valence-corrected chi connectivity index (χ4v) is 3.55. The minimum atomic E-state index is -3.09. The third-order valence-corrected chi connectivity index (χ3v) is 5.40. The first kappa shape index (κ1) is 14.0. The number of para-hydroxylation sites is 1. The Morgan fingerprint density at radius 1 is 1.38 bits per heavy atom. The van der Waals surface area contributed by atoms with E-state index in [0.717, 1.165) is 11.0 Å². The monoisotopic (exact) mass is 308 g/mol. The van der Waals surface area contributed by atoms with Crippen LogP contribution in [-0.4, -0.2) is 58.8 Å². The van der Waals surface area contributed by atoms with Gasteiger partial charge in [0.2, 0.25) is 5.91 Å². The van der Waals surface area contributed by atoms with Gasteiger partial charge in [0.05, 0.1) is 10.8 Å². The van der Waals surface area contributed by atoms with E-state index >= 15 is 0 Å². The van der Waals surface area contributed by atoms with E-state index in [-0.39, 0.29) is 19.0 Å². The van der Waals surface area contributed by atoms with Crippen molar-refractivity contribution in [2.45, 2.75) is 18.2 Å². The predicted molar refractivity (Wildman–Crippen MR) is 77.4 cm³/mol. The standard InChI is InChI=1S/C13H16N4O3S/c1-21(19,20)10-6-7-16(8-10)13(18)9-17-12-5-3-2-4-11(12)14-15-17/h2-5,10H,6-9H2,1H3. The molecule has 1 saturated heterocycles. The van der Waals surface area contributed by atoms with Crippen molar-refractivity contribution < 1.29 is 13.2 Å². The van der Waals surface area contributed by atoms with Gasteiger partial charge >= 0.3 is 0 Å². The highest BCUT2D eigenvalue weighted by Crippen LogP contribution is 2.17. The highest BCUT2D eigenvalue weighted by molar-refractivity contribution is 7.91. The molecule has 0 aliphatic carbocycles. The van der Waals surface area contributed by atoms with Crippen LogP contribution >= 0.6 is 0 Å². The second-order valence-electron chi connectivity index (χ2n) is 5.32. The molecule has 0 saturated carbocycles. The molecule has 0 N–H and O–H groups in total. The number of nitrogens with zero attached hydrogens (tertiary/aromatic N) is 4. The second kappa shape index (κ2) is 5.10. The molecular formula is C13H16N4O3S. The summed E-state index contributed by atoms with van der Waals surface area (Å²) >= 11 is 0. The molecule has 0 bridgehead atoms. The van der Waals surface area contributed by atoms with Crippen LogP contribution in [0.5, 0.6) is 0 Å². The van der Waals surface area contributed by atoms with E-state index < -0.39 is 15.1 Å². The lowest BCUT2D eigenvalue weighted by atomic mass is 10.3. The van der Waals surface area contributed by atoms with E-state index in [9.17, 15) is 13.2 Å². The number of likely N-dealkylation sites (tertiary alicyclic amines) is 1. The van der Waals surface area contributed by atoms with E-state index in [1.807, 2.05) is 24.3 Å². The number of carbonyl (C=O) groups excluding carboxylic acids is 1. The molecule has 112 valence electrons. The number of hydrogen-bond acceptors (Lipinski definition) is 5. The molecule has 2 aromatic rings. The van der Waals surface area contributed by atoms with Crippen molar-refractivity contribution in [1.29, 1.82) is 0 Å². The molecule has 8 heteroatoms. The van der Waals surface area contributed by atoms with Crippen LogP contribution < -0.4 is 0 Å². The van der Waals surface area contributed by atoms with Crippen LogP contribution in [0.4, 0.5) is 0 Å². The van der Waals surface area contributed by atoms with Crippen LogP contribution in [0.25, 0.3) is 11.0 Å². The molecule has 21 heavy (non-hydrogen) atoms. The molecule has 1 fully saturated rings. The maximum atomic E-state index is 12.3. The van der Waals surface area contributed by atoms with Gasteiger partial charge in [-0.25, -0.2) is 13.1 Å². The summed E-state index contributed by atoms with van der Waals surface area (Å²) in [5, 5.41) is 7.52. The van der Waals surface area contributed by atoms with Crippen LogP contribution in [0.3, 0.4) is 0 Å². The number of carbonyl (C=O) groups is 1. The second-order valence-corrected chi connectivity index (χ2v) is 7.64. The third kappa shape index (κ3) is 2.76. The Balaban J connectivity index is 1.73. The van der Waals surface area contributed by atoms with E-state index in [0.29, 0.717) is 13.0 Å². The van der Waals surface area contributed by atoms with Gasteiger partial charge in [0.1, 0.15) is 12.1 Å². The summed E-state index contributed by atoms with van der Waals surface area (Å²) in [4.78, 5) is 13.9. The fourth-order valence-electron chi connectivity index (χ4n) is 2.57. The van der Waals surface area contributed by atoms with Crippen LogP contribution in [0, 0.1) is 0 Å². The summed E-state index contributed by atoms with van der Waals surface area (Å²) in [6.45, 7) is 0.824. The average Bonchev–Trinajstić information content (AvgIpc) is 3.05. The van der Waals surface area contributed by atoms with Gasteiger partial charge in [0, 0.05) is 19.3 Å². The molecule has 1 aliphatic heterocycles. The Bertz CT molecular complexity index is 784. The first-order valence-electron chi connectivity index (χ1n) is 6.70. The lowest BCUT2D eigenvalue weighted by molar-refractivity contribution is -0.130. The highest BCUT2D eigenvalue weighted by Gasteiger charge is 2.32. The van der Waals surface area contributed by atoms with Gasteiger partial charge in [0.15, 0.2) is 9.84 Å². The van der Waals surface area contributed by atoms with Crippen molar-refractivity contribution in [2.75, 3.05) is 19.3 Å². The van der Waals surface area contributed by atoms with Gasteiger partial charge in [-0.15, -0.1) is 5.10 Å². The quantitative estimate of drug-likeness (QED) is 0.801. The summed E-state index contributed by atoms with van der Waals surface area (Å²) in [5.74, 6) is -0.128. The summed E-state index contributed by atoms with van der Waals surface area (Å²) in [6, 6.07) is 7.41. The molecule has 1 amide bonds. The van der Waals surface area contributed by atoms with Crippen LogP contribution in [0.2, 0.25) is 0 Å². The van der Waals surface area contributed by atoms with Crippen molar-refractivity contribution in [3.8, 4) is 0 Å². The number of fused-ring (bicyclic) bond motifs is 1. The molecule has 0 radical (unpaired) electrons. The smallest absolute Gasteiger partial charge is 0.244 e. The van der Waals surface area contributed by atoms with E-state index in [1.54, 1.807) is 9.58 Å². The third-order valence-electron chi connectivity index (χ3n) is 3.81. The van der Waals surface area contributed by atoms with E-state index in [2.05, 4.69) is 10.3 Å². The zero-order valence-corrected chi connectivity index (χ0v) is 12.5. The van der Waals surface area contributed by atoms with Crippen molar-refractivity contribution in [3.05, 3.63) is 24.3 Å². The van der Waals surface area contributed by atoms with Crippen LogP contribution in [0.1, 0.15) is 6.42 Å². The molecule has 0 spiro atoms. The summed E-state index contributed by atoms with van der Waals surface area (Å²) in [6.07, 6.45) is 1.72. The molecule has 7 nitrogen and oxygen atoms in total. The van der Waals surface area contributed by atoms with Crippen molar-refractivity contribution in [3.63, 3.8) is 0 Å². The molecule has 1 atom stereocenters. The fraction of sp³-hybridized carbons (Fsp3) is 0.462. The number of benzene rings is 1. The minimum Gasteiger partial charge on any atom is -0.340 e. The van der Waals surface area contributed by atoms with Crippen LogP contribution in [-0.2, 0) is 21.2 Å². The number of hydrogen-bond donors (Lipinski definition) is 0. The largest absolute Gasteiger partial charge is 0.340 e. The minimum absolute atomic E-state index is 0.0804. The highest BCUT2D eigenvalue weighted by atomic mass is 32.2. The van der Waals surface area contributed by atoms with Gasteiger partial charge in [-0.3, -0.25) is 4.79 Å². The Morgan fingerprint density at radius 3 is 2.86 bits per heavy atom. The Kier molecular flexibility index (Phi) is 3.40.